The van der Waals surface area contributed by atoms with Crippen LogP contribution in [-0.4, -0.2) is 27.3 Å². The number of para-hydroxylation sites is 1. The highest BCUT2D eigenvalue weighted by atomic mass is 32.2. The van der Waals surface area contributed by atoms with Crippen LogP contribution in [0, 0.1) is 12.8 Å². The van der Waals surface area contributed by atoms with E-state index in [1.54, 1.807) is 4.57 Å². The van der Waals surface area contributed by atoms with E-state index in [-0.39, 0.29) is 23.3 Å². The number of amides is 1. The summed E-state index contributed by atoms with van der Waals surface area (Å²) in [7, 11) is 0. The normalized spacial score (nSPS) is 15.4. The van der Waals surface area contributed by atoms with Gasteiger partial charge in [-0.3, -0.25) is 14.2 Å². The summed E-state index contributed by atoms with van der Waals surface area (Å²) in [5, 5.41) is 4.10. The Morgan fingerprint density at radius 3 is 2.66 bits per heavy atom. The van der Waals surface area contributed by atoms with Gasteiger partial charge in [0.05, 0.1) is 29.5 Å². The van der Waals surface area contributed by atoms with E-state index in [0.29, 0.717) is 34.3 Å². The summed E-state index contributed by atoms with van der Waals surface area (Å²) in [4.78, 5) is 33.2. The van der Waals surface area contributed by atoms with Crippen LogP contribution in [0.4, 0.5) is 5.69 Å². The van der Waals surface area contributed by atoms with Gasteiger partial charge in [0.2, 0.25) is 5.91 Å². The quantitative estimate of drug-likeness (QED) is 0.273. The molecule has 6 nitrogen and oxygen atoms in total. The second kappa shape index (κ2) is 9.97. The first-order valence-electron chi connectivity index (χ1n) is 11.6. The number of ether oxygens (including phenoxy) is 1. The molecule has 1 aliphatic rings. The van der Waals surface area contributed by atoms with E-state index in [9.17, 15) is 9.59 Å². The molecule has 0 unspecified atom stereocenters. The van der Waals surface area contributed by atoms with Crippen molar-refractivity contribution in [3.05, 3.63) is 81.0 Å². The minimum Gasteiger partial charge on any atom is -0.372 e. The number of carbonyl (C=O) groups is 1. The number of nitrogens with zero attached hydrogens (tertiary/aromatic N) is 2. The highest BCUT2D eigenvalue weighted by molar-refractivity contribution is 7.99. The number of aromatic nitrogens is 2. The van der Waals surface area contributed by atoms with Gasteiger partial charge >= 0.3 is 0 Å². The molecule has 1 aliphatic heterocycles. The van der Waals surface area contributed by atoms with Crippen molar-refractivity contribution in [3.63, 3.8) is 0 Å². The molecule has 1 atom stereocenters. The molecule has 180 valence electrons. The van der Waals surface area contributed by atoms with Crippen LogP contribution in [0.1, 0.15) is 29.9 Å². The Balaban J connectivity index is 1.51. The molecule has 0 fully saturated rings. The molecule has 0 saturated carbocycles. The van der Waals surface area contributed by atoms with E-state index in [0.717, 1.165) is 27.4 Å². The Kier molecular flexibility index (Phi) is 6.77. The molecular weight excluding hydrogens is 478 g/mol. The van der Waals surface area contributed by atoms with Gasteiger partial charge < -0.3 is 10.1 Å². The van der Waals surface area contributed by atoms with Crippen molar-refractivity contribution >= 4 is 44.9 Å². The fraction of sp³-hybridized carbons (Fsp3) is 0.296. The summed E-state index contributed by atoms with van der Waals surface area (Å²) >= 11 is 2.79. The van der Waals surface area contributed by atoms with E-state index in [4.69, 9.17) is 9.72 Å². The largest absolute Gasteiger partial charge is 0.372 e. The lowest BCUT2D eigenvalue weighted by Crippen LogP contribution is -2.28. The van der Waals surface area contributed by atoms with Gasteiger partial charge in [0.15, 0.2) is 5.16 Å². The van der Waals surface area contributed by atoms with Crippen LogP contribution < -0.4 is 10.9 Å². The van der Waals surface area contributed by atoms with E-state index in [1.165, 1.54) is 23.1 Å². The Labute approximate surface area is 212 Å². The van der Waals surface area contributed by atoms with Crippen LogP contribution in [0.25, 0.3) is 15.9 Å². The third-order valence-electron chi connectivity index (χ3n) is 6.14. The highest BCUT2D eigenvalue weighted by Gasteiger charge is 2.29. The molecule has 35 heavy (non-hydrogen) atoms. The van der Waals surface area contributed by atoms with Crippen molar-refractivity contribution < 1.29 is 9.53 Å². The molecule has 2 aromatic carbocycles. The molecule has 0 saturated heterocycles. The van der Waals surface area contributed by atoms with Crippen molar-refractivity contribution in [1.82, 2.24) is 9.55 Å². The Hall–Kier alpha value is -2.94. The SMILES string of the molecule is Cc1ccc(NC(=O)CSc2nc3sc4c(c3c(=O)n2-c2ccccc2)C[C@@H](C(C)C)OC4)cc1. The number of anilines is 1. The second-order valence-electron chi connectivity index (χ2n) is 9.05. The monoisotopic (exact) mass is 505 g/mol. The molecule has 0 spiro atoms. The molecule has 4 aromatic rings. The average Bonchev–Trinajstić information content (AvgIpc) is 3.22. The van der Waals surface area contributed by atoms with Crippen LogP contribution in [0.5, 0.6) is 0 Å². The first-order valence-corrected chi connectivity index (χ1v) is 13.4. The zero-order valence-corrected chi connectivity index (χ0v) is 21.5. The Morgan fingerprint density at radius 1 is 1.20 bits per heavy atom. The van der Waals surface area contributed by atoms with E-state index < -0.39 is 0 Å². The maximum Gasteiger partial charge on any atom is 0.267 e. The van der Waals surface area contributed by atoms with E-state index in [1.807, 2.05) is 61.5 Å². The Morgan fingerprint density at radius 2 is 1.94 bits per heavy atom. The lowest BCUT2D eigenvalue weighted by atomic mass is 9.96. The molecule has 0 radical (unpaired) electrons. The molecule has 3 heterocycles. The number of carbonyl (C=O) groups excluding carboxylic acids is 1. The first-order chi connectivity index (χ1) is 16.9. The maximum absolute atomic E-state index is 13.9. The summed E-state index contributed by atoms with van der Waals surface area (Å²) in [5.74, 6) is 0.359. The van der Waals surface area contributed by atoms with Gasteiger partial charge in [-0.05, 0) is 42.7 Å². The summed E-state index contributed by atoms with van der Waals surface area (Å²) in [5.41, 5.74) is 3.58. The number of thiophene rings is 1. The van der Waals surface area contributed by atoms with Gasteiger partial charge in [-0.25, -0.2) is 4.98 Å². The van der Waals surface area contributed by atoms with Crippen LogP contribution >= 0.6 is 23.1 Å². The number of rotatable bonds is 6. The predicted molar refractivity (Wildman–Crippen MR) is 143 cm³/mol. The van der Waals surface area contributed by atoms with Gasteiger partial charge in [0.25, 0.3) is 5.56 Å². The van der Waals surface area contributed by atoms with Crippen molar-refractivity contribution in [1.29, 1.82) is 0 Å². The summed E-state index contributed by atoms with van der Waals surface area (Å²) in [6.07, 6.45) is 0.800. The lowest BCUT2D eigenvalue weighted by molar-refractivity contribution is -0.113. The molecule has 1 amide bonds. The highest BCUT2D eigenvalue weighted by Crippen LogP contribution is 2.36. The number of benzene rings is 2. The molecule has 0 aliphatic carbocycles. The number of hydrogen-bond donors (Lipinski definition) is 1. The van der Waals surface area contributed by atoms with Crippen molar-refractivity contribution in [2.24, 2.45) is 5.92 Å². The molecule has 1 N–H and O–H groups in total. The fourth-order valence-electron chi connectivity index (χ4n) is 4.20. The van der Waals surface area contributed by atoms with E-state index >= 15 is 0 Å². The number of aryl methyl sites for hydroxylation is 1. The second-order valence-corrected chi connectivity index (χ2v) is 11.1. The third kappa shape index (κ3) is 4.91. The van der Waals surface area contributed by atoms with Crippen LogP contribution in [-0.2, 0) is 22.6 Å². The Bertz CT molecular complexity index is 1430. The molecule has 8 heteroatoms. The van der Waals surface area contributed by atoms with Gasteiger partial charge in [-0.15, -0.1) is 11.3 Å². The van der Waals surface area contributed by atoms with Crippen molar-refractivity contribution in [2.75, 3.05) is 11.1 Å². The van der Waals surface area contributed by atoms with Crippen LogP contribution in [0.3, 0.4) is 0 Å². The third-order valence-corrected chi connectivity index (χ3v) is 8.17. The smallest absolute Gasteiger partial charge is 0.267 e. The zero-order valence-electron chi connectivity index (χ0n) is 19.9. The minimum atomic E-state index is -0.147. The number of hydrogen-bond acceptors (Lipinski definition) is 6. The number of thioether (sulfide) groups is 1. The standard InChI is InChI=1S/C27H27N3O3S2/c1-16(2)21-13-20-22(14-33-21)35-25-24(20)26(32)30(19-7-5-4-6-8-19)27(29-25)34-15-23(31)28-18-11-9-17(3)10-12-18/h4-12,16,21H,13-15H2,1-3H3,(H,28,31)/t21-/m0/s1. The topological polar surface area (TPSA) is 73.2 Å². The molecular formula is C27H27N3O3S2. The van der Waals surface area contributed by atoms with Gasteiger partial charge in [-0.2, -0.15) is 0 Å². The summed E-state index contributed by atoms with van der Waals surface area (Å²) < 4.78 is 7.68. The number of fused-ring (bicyclic) bond motifs is 3. The zero-order chi connectivity index (χ0) is 24.5. The van der Waals surface area contributed by atoms with Crippen LogP contribution in [0.15, 0.2) is 64.5 Å². The molecule has 5 rings (SSSR count). The molecule has 2 aromatic heterocycles. The molecule has 0 bridgehead atoms. The fourth-order valence-corrected chi connectivity index (χ4v) is 6.18. The lowest BCUT2D eigenvalue weighted by Gasteiger charge is -2.26. The van der Waals surface area contributed by atoms with E-state index in [2.05, 4.69) is 19.2 Å². The van der Waals surface area contributed by atoms with Crippen molar-refractivity contribution in [2.45, 2.75) is 45.1 Å². The minimum absolute atomic E-state index is 0.0874. The predicted octanol–water partition coefficient (Wildman–Crippen LogP) is 5.58. The van der Waals surface area contributed by atoms with Gasteiger partial charge in [0, 0.05) is 17.0 Å². The summed E-state index contributed by atoms with van der Waals surface area (Å²) in [6, 6.07) is 17.2. The number of nitrogens with one attached hydrogen (secondary N) is 1. The van der Waals surface area contributed by atoms with Gasteiger partial charge in [0.1, 0.15) is 4.83 Å². The average molecular weight is 506 g/mol. The summed E-state index contributed by atoms with van der Waals surface area (Å²) in [6.45, 7) is 6.79. The van der Waals surface area contributed by atoms with Gasteiger partial charge in [-0.1, -0.05) is 61.5 Å². The van der Waals surface area contributed by atoms with Crippen molar-refractivity contribution in [3.8, 4) is 5.69 Å². The maximum atomic E-state index is 13.9. The first kappa shape index (κ1) is 23.8. The van der Waals surface area contributed by atoms with Crippen LogP contribution in [0.2, 0.25) is 0 Å².